The lowest BCUT2D eigenvalue weighted by Gasteiger charge is -2.39. The predicted molar refractivity (Wildman–Crippen MR) is 80.3 cm³/mol. The summed E-state index contributed by atoms with van der Waals surface area (Å²) in [5, 5.41) is 2.94. The Morgan fingerprint density at radius 2 is 2.00 bits per heavy atom. The van der Waals surface area contributed by atoms with Crippen molar-refractivity contribution in [3.05, 3.63) is 24.3 Å². The Bertz CT molecular complexity index is 509. The van der Waals surface area contributed by atoms with Crippen molar-refractivity contribution in [3.63, 3.8) is 0 Å². The largest absolute Gasteiger partial charge is 0.369 e. The van der Waals surface area contributed by atoms with Crippen molar-refractivity contribution >= 4 is 29.3 Å². The summed E-state index contributed by atoms with van der Waals surface area (Å²) in [6.45, 7) is 0.370. The number of rotatable bonds is 6. The van der Waals surface area contributed by atoms with E-state index in [1.807, 2.05) is 24.3 Å². The summed E-state index contributed by atoms with van der Waals surface area (Å²) >= 11 is 1.32. The molecule has 0 radical (unpaired) electrons. The van der Waals surface area contributed by atoms with Gasteiger partial charge in [-0.25, -0.2) is 0 Å². The maximum atomic E-state index is 12.3. The minimum absolute atomic E-state index is 0.0293. The molecule has 0 spiro atoms. The fraction of sp³-hybridized carbons (Fsp3) is 0.429. The summed E-state index contributed by atoms with van der Waals surface area (Å²) in [4.78, 5) is 24.0. The molecular formula is C14H19N3O2S. The van der Waals surface area contributed by atoms with Crippen LogP contribution < -0.4 is 16.8 Å². The van der Waals surface area contributed by atoms with Crippen molar-refractivity contribution in [2.24, 2.45) is 16.9 Å². The number of hydrogen-bond donors (Lipinski definition) is 3. The Balaban J connectivity index is 2.08. The van der Waals surface area contributed by atoms with E-state index in [0.717, 1.165) is 24.2 Å². The lowest BCUT2D eigenvalue weighted by atomic mass is 9.68. The fourth-order valence-corrected chi connectivity index (χ4v) is 2.97. The van der Waals surface area contributed by atoms with Crippen LogP contribution >= 0.6 is 11.8 Å². The van der Waals surface area contributed by atoms with Crippen LogP contribution in [0.2, 0.25) is 0 Å². The minimum atomic E-state index is -0.415. The number of anilines is 1. The number of nitrogens with two attached hydrogens (primary N) is 2. The van der Waals surface area contributed by atoms with Gasteiger partial charge >= 0.3 is 0 Å². The van der Waals surface area contributed by atoms with E-state index in [2.05, 4.69) is 5.32 Å². The molecule has 0 aliphatic heterocycles. The molecule has 1 aromatic rings. The molecule has 2 rings (SSSR count). The number of benzene rings is 1. The number of carbonyl (C=O) groups is 2. The molecule has 1 aliphatic rings. The normalized spacial score (nSPS) is 16.2. The zero-order chi connectivity index (χ0) is 14.6. The summed E-state index contributed by atoms with van der Waals surface area (Å²) in [6, 6.07) is 7.39. The van der Waals surface area contributed by atoms with Crippen molar-refractivity contribution in [1.29, 1.82) is 0 Å². The fourth-order valence-electron chi connectivity index (χ4n) is 2.23. The molecule has 5 N–H and O–H groups in total. The molecule has 0 unspecified atom stereocenters. The van der Waals surface area contributed by atoms with Crippen molar-refractivity contribution in [3.8, 4) is 0 Å². The Morgan fingerprint density at radius 1 is 1.30 bits per heavy atom. The van der Waals surface area contributed by atoms with Gasteiger partial charge in [-0.3, -0.25) is 9.59 Å². The van der Waals surface area contributed by atoms with Crippen LogP contribution in [0.25, 0.3) is 0 Å². The van der Waals surface area contributed by atoms with Gasteiger partial charge in [0.1, 0.15) is 0 Å². The lowest BCUT2D eigenvalue weighted by Crippen LogP contribution is -2.47. The third-order valence-electron chi connectivity index (χ3n) is 3.69. The van der Waals surface area contributed by atoms with Crippen LogP contribution in [0.1, 0.15) is 19.3 Å². The van der Waals surface area contributed by atoms with Gasteiger partial charge in [0, 0.05) is 11.4 Å². The maximum absolute atomic E-state index is 12.3. The first-order valence-corrected chi connectivity index (χ1v) is 7.58. The van der Waals surface area contributed by atoms with Crippen molar-refractivity contribution in [2.75, 3.05) is 17.6 Å². The Morgan fingerprint density at radius 3 is 2.55 bits per heavy atom. The highest BCUT2D eigenvalue weighted by Crippen LogP contribution is 2.41. The van der Waals surface area contributed by atoms with Gasteiger partial charge < -0.3 is 16.8 Å². The smallest absolute Gasteiger partial charge is 0.231 e. The minimum Gasteiger partial charge on any atom is -0.369 e. The first kappa shape index (κ1) is 14.9. The van der Waals surface area contributed by atoms with Crippen LogP contribution in [0.15, 0.2) is 29.2 Å². The summed E-state index contributed by atoms with van der Waals surface area (Å²) in [5.74, 6) is -0.221. The van der Waals surface area contributed by atoms with E-state index < -0.39 is 5.41 Å². The Hall–Kier alpha value is -1.53. The second-order valence-electron chi connectivity index (χ2n) is 5.04. The van der Waals surface area contributed by atoms with E-state index in [0.29, 0.717) is 12.2 Å². The highest BCUT2D eigenvalue weighted by molar-refractivity contribution is 8.00. The molecule has 1 aromatic carbocycles. The van der Waals surface area contributed by atoms with Gasteiger partial charge in [-0.2, -0.15) is 0 Å². The van der Waals surface area contributed by atoms with Crippen LogP contribution in [0.3, 0.4) is 0 Å². The van der Waals surface area contributed by atoms with Gasteiger partial charge in [0.2, 0.25) is 11.8 Å². The van der Waals surface area contributed by atoms with Crippen molar-refractivity contribution in [1.82, 2.24) is 0 Å². The highest BCUT2D eigenvalue weighted by Gasteiger charge is 2.42. The predicted octanol–water partition coefficient (Wildman–Crippen LogP) is 1.33. The first-order chi connectivity index (χ1) is 9.57. The molecule has 0 bridgehead atoms. The molecule has 0 atom stereocenters. The zero-order valence-electron chi connectivity index (χ0n) is 11.2. The quantitative estimate of drug-likeness (QED) is 0.689. The zero-order valence-corrected chi connectivity index (χ0v) is 12.0. The van der Waals surface area contributed by atoms with Crippen LogP contribution in [0.5, 0.6) is 0 Å². The van der Waals surface area contributed by atoms with Gasteiger partial charge in [-0.05, 0) is 25.0 Å². The van der Waals surface area contributed by atoms with Crippen LogP contribution in [-0.4, -0.2) is 24.1 Å². The van der Waals surface area contributed by atoms with E-state index in [9.17, 15) is 9.59 Å². The van der Waals surface area contributed by atoms with E-state index >= 15 is 0 Å². The van der Waals surface area contributed by atoms with Gasteiger partial charge in [0.15, 0.2) is 0 Å². The van der Waals surface area contributed by atoms with Crippen LogP contribution in [0, 0.1) is 5.41 Å². The van der Waals surface area contributed by atoms with Crippen LogP contribution in [-0.2, 0) is 9.59 Å². The second-order valence-corrected chi connectivity index (χ2v) is 6.06. The van der Waals surface area contributed by atoms with E-state index in [-0.39, 0.29) is 17.6 Å². The third-order valence-corrected chi connectivity index (χ3v) is 4.78. The van der Waals surface area contributed by atoms with Gasteiger partial charge in [-0.1, -0.05) is 18.6 Å². The van der Waals surface area contributed by atoms with Gasteiger partial charge in [0.25, 0.3) is 0 Å². The first-order valence-electron chi connectivity index (χ1n) is 6.59. The Kier molecular flexibility index (Phi) is 4.67. The summed E-state index contributed by atoms with van der Waals surface area (Å²) in [6.07, 6.45) is 2.72. The maximum Gasteiger partial charge on any atom is 0.231 e. The average Bonchev–Trinajstić information content (AvgIpc) is 2.37. The van der Waals surface area contributed by atoms with Crippen LogP contribution in [0.4, 0.5) is 5.69 Å². The number of thioether (sulfide) groups is 1. The molecule has 20 heavy (non-hydrogen) atoms. The molecule has 5 nitrogen and oxygen atoms in total. The summed E-state index contributed by atoms with van der Waals surface area (Å²) < 4.78 is 0. The Labute approximate surface area is 122 Å². The highest BCUT2D eigenvalue weighted by atomic mass is 32.2. The SMILES string of the molecule is NCC1(C(=O)Nc2ccccc2SCC(N)=O)CCC1. The van der Waals surface area contributed by atoms with E-state index in [1.54, 1.807) is 0 Å². The molecule has 6 heteroatoms. The number of hydrogen-bond acceptors (Lipinski definition) is 4. The number of carbonyl (C=O) groups excluding carboxylic acids is 2. The van der Waals surface area contributed by atoms with Gasteiger partial charge in [0.05, 0.1) is 16.9 Å². The van der Waals surface area contributed by atoms with E-state index in [1.165, 1.54) is 11.8 Å². The standard InChI is InChI=1S/C14H19N3O2S/c15-9-14(6-3-7-14)13(19)17-10-4-1-2-5-11(10)20-8-12(16)18/h1-2,4-5H,3,6-9,15H2,(H2,16,18)(H,17,19). The molecule has 1 fully saturated rings. The van der Waals surface area contributed by atoms with Gasteiger partial charge in [-0.15, -0.1) is 11.8 Å². The summed E-state index contributed by atoms with van der Waals surface area (Å²) in [7, 11) is 0. The molecular weight excluding hydrogens is 274 g/mol. The van der Waals surface area contributed by atoms with Crippen molar-refractivity contribution in [2.45, 2.75) is 24.2 Å². The topological polar surface area (TPSA) is 98.2 Å². The lowest BCUT2D eigenvalue weighted by molar-refractivity contribution is -0.129. The van der Waals surface area contributed by atoms with Crippen molar-refractivity contribution < 1.29 is 9.59 Å². The number of amides is 2. The third kappa shape index (κ3) is 3.13. The number of nitrogens with one attached hydrogen (secondary N) is 1. The molecule has 2 amide bonds. The second kappa shape index (κ2) is 6.28. The van der Waals surface area contributed by atoms with E-state index in [4.69, 9.17) is 11.5 Å². The average molecular weight is 293 g/mol. The molecule has 1 saturated carbocycles. The summed E-state index contributed by atoms with van der Waals surface area (Å²) in [5.41, 5.74) is 11.2. The molecule has 1 aliphatic carbocycles. The number of para-hydroxylation sites is 1. The molecule has 0 aromatic heterocycles. The molecule has 108 valence electrons. The molecule has 0 saturated heterocycles. The number of primary amides is 1. The monoisotopic (exact) mass is 293 g/mol. The molecule has 0 heterocycles.